The van der Waals surface area contributed by atoms with Crippen LogP contribution in [0.3, 0.4) is 0 Å². The van der Waals surface area contributed by atoms with Crippen LogP contribution in [-0.4, -0.2) is 47.0 Å². The summed E-state index contributed by atoms with van der Waals surface area (Å²) >= 11 is 0. The second kappa shape index (κ2) is 3.38. The van der Waals surface area contributed by atoms with Gasteiger partial charge in [-0.2, -0.15) is 0 Å². The van der Waals surface area contributed by atoms with Gasteiger partial charge >= 0.3 is 6.09 Å². The third-order valence-corrected chi connectivity index (χ3v) is 1.74. The van der Waals surface area contributed by atoms with Crippen molar-refractivity contribution in [2.24, 2.45) is 0 Å². The first-order chi connectivity index (χ1) is 6.95. The highest BCUT2D eigenvalue weighted by atomic mass is 19.1. The molecular weight excluding hydrogens is 189 g/mol. The smallest absolute Gasteiger partial charge is 0.410 e. The highest BCUT2D eigenvalue weighted by molar-refractivity contribution is 5.69. The van der Waals surface area contributed by atoms with E-state index in [-0.39, 0.29) is 0 Å². The lowest BCUT2D eigenvalue weighted by Gasteiger charge is -2.43. The number of hydrogen-bond donors (Lipinski definition) is 1. The Bertz CT molecular complexity index is 292. The zero-order valence-electron chi connectivity index (χ0n) is 10.5. The second-order valence-corrected chi connectivity index (χ2v) is 4.41. The summed E-state index contributed by atoms with van der Waals surface area (Å²) < 4.78 is 32.3. The molecule has 0 atom stereocenters. The molecule has 1 aliphatic heterocycles. The Kier molecular flexibility index (Phi) is 2.05. The Labute approximate surface area is 85.5 Å². The molecule has 82 valence electrons. The van der Waals surface area contributed by atoms with E-state index in [0.717, 1.165) is 4.90 Å². The van der Waals surface area contributed by atoms with Gasteiger partial charge in [0.05, 0.1) is 22.4 Å². The molecule has 4 nitrogen and oxygen atoms in total. The zero-order chi connectivity index (χ0) is 12.8. The van der Waals surface area contributed by atoms with Crippen molar-refractivity contribution in [2.75, 3.05) is 19.6 Å². The monoisotopic (exact) mass is 207 g/mol. The number of nitrogens with zero attached hydrogens (tertiary/aromatic N) is 1. The minimum Gasteiger partial charge on any atom is -0.444 e. The van der Waals surface area contributed by atoms with Crippen LogP contribution in [0.1, 0.15) is 23.5 Å². The predicted octanol–water partition coefficient (Wildman–Crippen LogP) is 0.938. The molecule has 1 rings (SSSR count). The molecule has 0 radical (unpaired) electrons. The lowest BCUT2D eigenvalue weighted by Crippen LogP contribution is -2.63. The van der Waals surface area contributed by atoms with Gasteiger partial charge in [-0.3, -0.25) is 0 Å². The molecule has 0 aromatic heterocycles. The molecule has 0 aliphatic carbocycles. The van der Waals surface area contributed by atoms with Crippen LogP contribution in [0.5, 0.6) is 0 Å². The van der Waals surface area contributed by atoms with E-state index < -0.39 is 37.0 Å². The maximum Gasteiger partial charge on any atom is 0.410 e. The van der Waals surface area contributed by atoms with E-state index in [1.165, 1.54) is 0 Å². The van der Waals surface area contributed by atoms with Gasteiger partial charge in [-0.15, -0.1) is 0 Å². The van der Waals surface area contributed by atoms with Crippen molar-refractivity contribution in [3.05, 3.63) is 0 Å². The van der Waals surface area contributed by atoms with E-state index in [1.807, 2.05) is 0 Å². The molecule has 0 aromatic rings. The van der Waals surface area contributed by atoms with Crippen LogP contribution < -0.4 is 0 Å². The average molecular weight is 207 g/mol. The van der Waals surface area contributed by atoms with E-state index in [4.69, 9.17) is 12.6 Å². The summed E-state index contributed by atoms with van der Waals surface area (Å²) in [7, 11) is 0. The topological polar surface area (TPSA) is 49.8 Å². The number of halogens is 1. The van der Waals surface area contributed by atoms with Crippen LogP contribution in [-0.2, 0) is 4.74 Å². The SMILES string of the molecule is [2H]C([2H])(O)C1(F)CN(C(=O)OC(C)(C)C)C1. The normalized spacial score (nSPS) is 23.4. The van der Waals surface area contributed by atoms with Crippen LogP contribution in [0.25, 0.3) is 0 Å². The number of alkyl halides is 1. The fourth-order valence-electron chi connectivity index (χ4n) is 1.09. The van der Waals surface area contributed by atoms with Crippen LogP contribution >= 0.6 is 0 Å². The van der Waals surface area contributed by atoms with Gasteiger partial charge in [0.15, 0.2) is 5.67 Å². The first-order valence-electron chi connectivity index (χ1n) is 5.34. The average Bonchev–Trinajstić information content (AvgIpc) is 1.92. The summed E-state index contributed by atoms with van der Waals surface area (Å²) in [5, 5.41) is 8.91. The number of carbonyl (C=O) groups excluding carboxylic acids is 1. The lowest BCUT2D eigenvalue weighted by molar-refractivity contribution is -0.0731. The van der Waals surface area contributed by atoms with Crippen LogP contribution in [0.4, 0.5) is 9.18 Å². The number of carbonyl (C=O) groups is 1. The van der Waals surface area contributed by atoms with Crippen molar-refractivity contribution in [1.82, 2.24) is 4.90 Å². The van der Waals surface area contributed by atoms with Crippen LogP contribution in [0.15, 0.2) is 0 Å². The van der Waals surface area contributed by atoms with Crippen molar-refractivity contribution in [2.45, 2.75) is 32.0 Å². The van der Waals surface area contributed by atoms with Gasteiger partial charge in [-0.1, -0.05) is 0 Å². The third-order valence-electron chi connectivity index (χ3n) is 1.74. The molecule has 1 heterocycles. The Hall–Kier alpha value is -0.840. The highest BCUT2D eigenvalue weighted by Gasteiger charge is 2.46. The van der Waals surface area contributed by atoms with Gasteiger partial charge in [0.25, 0.3) is 0 Å². The number of rotatable bonds is 1. The number of ether oxygens (including phenoxy) is 1. The van der Waals surface area contributed by atoms with Crippen molar-refractivity contribution in [1.29, 1.82) is 0 Å². The molecule has 1 aliphatic rings. The maximum atomic E-state index is 13.6. The first-order valence-corrected chi connectivity index (χ1v) is 4.34. The summed E-state index contributed by atoms with van der Waals surface area (Å²) in [6.45, 7) is 1.11. The summed E-state index contributed by atoms with van der Waals surface area (Å²) in [5.74, 6) is 0. The van der Waals surface area contributed by atoms with Gasteiger partial charge in [-0.25, -0.2) is 9.18 Å². The molecule has 1 N–H and O–H groups in total. The number of amides is 1. The summed E-state index contributed by atoms with van der Waals surface area (Å²) in [4.78, 5) is 12.4. The largest absolute Gasteiger partial charge is 0.444 e. The van der Waals surface area contributed by atoms with Gasteiger partial charge in [0.2, 0.25) is 0 Å². The van der Waals surface area contributed by atoms with E-state index in [2.05, 4.69) is 0 Å². The van der Waals surface area contributed by atoms with E-state index in [9.17, 15) is 9.18 Å². The minimum absolute atomic E-state index is 0.495. The molecule has 5 heteroatoms. The molecular formula is C9H16FNO3. The van der Waals surface area contributed by atoms with E-state index in [1.54, 1.807) is 20.8 Å². The fourth-order valence-corrected chi connectivity index (χ4v) is 1.09. The van der Waals surface area contributed by atoms with Gasteiger partial charge in [-0.05, 0) is 20.8 Å². The summed E-state index contributed by atoms with van der Waals surface area (Å²) in [6.07, 6.45) is -0.704. The second-order valence-electron chi connectivity index (χ2n) is 4.41. The Balaban J connectivity index is 2.51. The zero-order valence-corrected chi connectivity index (χ0v) is 8.50. The summed E-state index contributed by atoms with van der Waals surface area (Å²) in [5.41, 5.74) is -3.08. The van der Waals surface area contributed by atoms with Crippen molar-refractivity contribution in [3.8, 4) is 0 Å². The Morgan fingerprint density at radius 2 is 2.21 bits per heavy atom. The molecule has 0 saturated carbocycles. The van der Waals surface area contributed by atoms with Crippen LogP contribution in [0, 0.1) is 0 Å². The Morgan fingerprint density at radius 3 is 2.57 bits per heavy atom. The molecule has 1 saturated heterocycles. The molecule has 1 fully saturated rings. The van der Waals surface area contributed by atoms with Crippen LogP contribution in [0.2, 0.25) is 0 Å². The number of likely N-dealkylation sites (tertiary alicyclic amines) is 1. The first kappa shape index (κ1) is 8.47. The quantitative estimate of drug-likeness (QED) is 0.696. The van der Waals surface area contributed by atoms with E-state index >= 15 is 0 Å². The van der Waals surface area contributed by atoms with Crippen molar-refractivity contribution < 1.29 is 21.8 Å². The molecule has 1 amide bonds. The fraction of sp³-hybridized carbons (Fsp3) is 0.889. The highest BCUT2D eigenvalue weighted by Crippen LogP contribution is 2.26. The maximum absolute atomic E-state index is 13.6. The number of aliphatic hydroxyl groups is 1. The molecule has 14 heavy (non-hydrogen) atoms. The van der Waals surface area contributed by atoms with Gasteiger partial charge < -0.3 is 14.7 Å². The number of hydrogen-bond acceptors (Lipinski definition) is 3. The standard InChI is InChI=1S/C9H16FNO3/c1-8(2,3)14-7(13)11-4-9(10,5-11)6-12/h12H,4-6H2,1-3H3/i6D2. The molecule has 0 unspecified atom stereocenters. The van der Waals surface area contributed by atoms with Crippen molar-refractivity contribution in [3.63, 3.8) is 0 Å². The van der Waals surface area contributed by atoms with E-state index in [0.29, 0.717) is 0 Å². The van der Waals surface area contributed by atoms with Gasteiger partial charge in [0.1, 0.15) is 5.60 Å². The molecule has 0 spiro atoms. The molecule has 0 aromatic carbocycles. The molecule has 0 bridgehead atoms. The lowest BCUT2D eigenvalue weighted by atomic mass is 9.98. The minimum atomic E-state index is -2.94. The predicted molar refractivity (Wildman–Crippen MR) is 48.7 cm³/mol. The van der Waals surface area contributed by atoms with Gasteiger partial charge in [0, 0.05) is 0 Å². The third kappa shape index (κ3) is 2.57. The van der Waals surface area contributed by atoms with Crippen molar-refractivity contribution >= 4 is 6.09 Å². The summed E-state index contributed by atoms with van der Waals surface area (Å²) in [6, 6.07) is 0. The Morgan fingerprint density at radius 1 is 1.71 bits per heavy atom.